The molecule has 2 saturated heterocycles. The van der Waals surface area contributed by atoms with Crippen molar-refractivity contribution in [2.24, 2.45) is 16.7 Å². The minimum Gasteiger partial charge on any atom is -0.456 e. The molecule has 0 spiro atoms. The van der Waals surface area contributed by atoms with E-state index in [9.17, 15) is 68.7 Å². The van der Waals surface area contributed by atoms with Gasteiger partial charge in [0.2, 0.25) is 17.7 Å². The van der Waals surface area contributed by atoms with Crippen molar-refractivity contribution in [1.82, 2.24) is 21.3 Å². The van der Waals surface area contributed by atoms with E-state index in [0.717, 1.165) is 13.8 Å². The van der Waals surface area contributed by atoms with Crippen LogP contribution in [0.5, 0.6) is 0 Å². The third kappa shape index (κ3) is 15.4. The third-order valence-electron chi connectivity index (χ3n) is 19.3. The fraction of sp³-hybridized carbons (Fsp3) is 0.471. The van der Waals surface area contributed by atoms with Gasteiger partial charge in [0.1, 0.15) is 48.0 Å². The Kier molecular flexibility index (Phi) is 22.8. The second kappa shape index (κ2) is 30.5. The van der Waals surface area contributed by atoms with Gasteiger partial charge in [-0.25, -0.2) is 9.59 Å². The summed E-state index contributed by atoms with van der Waals surface area (Å²) in [5.41, 5.74) is -8.37. The number of ether oxygens (including phenoxy) is 7. The Morgan fingerprint density at radius 2 is 1.30 bits per heavy atom. The number of amides is 5. The highest BCUT2D eigenvalue weighted by Gasteiger charge is 2.78. The molecule has 4 aromatic carbocycles. The zero-order valence-electron chi connectivity index (χ0n) is 55.6. The first-order valence-electron chi connectivity index (χ1n) is 32.1. The van der Waals surface area contributed by atoms with Gasteiger partial charge in [-0.05, 0) is 99.5 Å². The van der Waals surface area contributed by atoms with Crippen LogP contribution in [0.15, 0.2) is 126 Å². The van der Waals surface area contributed by atoms with E-state index in [2.05, 4.69) is 31.9 Å². The molecule has 17 atom stereocenters. The lowest BCUT2D eigenvalue weighted by Gasteiger charge is -2.67. The van der Waals surface area contributed by atoms with Gasteiger partial charge in [-0.15, -0.1) is 0 Å². The average molecular weight is 1380 g/mol. The summed E-state index contributed by atoms with van der Waals surface area (Å²) in [4.78, 5) is 151. The summed E-state index contributed by atoms with van der Waals surface area (Å²) in [6.07, 6.45) is -23.1. The van der Waals surface area contributed by atoms with Crippen LogP contribution in [-0.2, 0) is 76.3 Å². The van der Waals surface area contributed by atoms with Gasteiger partial charge in [0.15, 0.2) is 36.0 Å². The molecule has 5 aliphatic rings. The number of Topliss-reactive ketones (excluding diaryl/α,β-unsaturated/α-hetero) is 2. The summed E-state index contributed by atoms with van der Waals surface area (Å²) in [5, 5.41) is 76.9. The highest BCUT2D eigenvalue weighted by Crippen LogP contribution is 2.64. The number of ketones is 2. The third-order valence-corrected chi connectivity index (χ3v) is 19.3. The molecule has 0 radical (unpaired) electrons. The summed E-state index contributed by atoms with van der Waals surface area (Å²) in [5.74, 6) is -10.9. The quantitative estimate of drug-likeness (QED) is 0.0268. The van der Waals surface area contributed by atoms with Gasteiger partial charge in [-0.3, -0.25) is 43.2 Å². The molecule has 29 heteroatoms. The van der Waals surface area contributed by atoms with Crippen LogP contribution in [-0.4, -0.2) is 202 Å². The Morgan fingerprint density at radius 3 is 1.88 bits per heavy atom. The number of aliphatic hydroxyl groups is 5. The largest absolute Gasteiger partial charge is 0.456 e. The lowest BCUT2D eigenvalue weighted by Crippen LogP contribution is -2.82. The smallest absolute Gasteiger partial charge is 0.338 e. The van der Waals surface area contributed by atoms with Crippen molar-refractivity contribution in [3.63, 3.8) is 0 Å². The Bertz CT molecular complexity index is 3750. The number of carbonyl (C=O) groups is 11. The van der Waals surface area contributed by atoms with Gasteiger partial charge >= 0.3 is 23.9 Å². The van der Waals surface area contributed by atoms with E-state index in [1.807, 2.05) is 0 Å². The first-order valence-corrected chi connectivity index (χ1v) is 32.1. The minimum absolute atomic E-state index is 0.00719. The topological polar surface area (TPSA) is 426 Å². The fourth-order valence-electron chi connectivity index (χ4n) is 14.0. The molecule has 2 heterocycles. The molecular formula is C70H82N6O23. The summed E-state index contributed by atoms with van der Waals surface area (Å²) in [6, 6.07) is 25.9. The van der Waals surface area contributed by atoms with Crippen LogP contribution in [0.25, 0.3) is 0 Å². The van der Waals surface area contributed by atoms with E-state index < -0.39 is 186 Å². The molecule has 0 aromatic heterocycles. The fourth-order valence-corrected chi connectivity index (χ4v) is 14.0. The van der Waals surface area contributed by atoms with Crippen molar-refractivity contribution >= 4 is 76.4 Å². The van der Waals surface area contributed by atoms with Crippen molar-refractivity contribution in [2.45, 2.75) is 165 Å². The molecule has 5 amide bonds. The standard InChI is InChI=1S/C70H82N6O23/c1-35(77)32-72-48(81)29-28-44(71-8)62(88)73-33-49(82)74-42-24-26-43(27-25-42)75-63(89)57-53(84)52(83)54(85)66(97-57)96-56(51(39-18-12-9-13-19-39)76-61(87)40-20-14-10-15-21-40)65(91)95-45-31-70(92)60(98-64(90)41-22-16-11-17-23-41)58-68(7,46(80)30-47-69(58,34-93-47)99-38(4)79)59(86)55(94-37(3)78)50(36(45)2)67(70,5)6/h9-27,44-47,51-58,60,66,71,80,83-85,92H,28-34H2,1-8H3,(H,72,81)(H,73,88)(H,74,82)(H,75,89)(H,76,87)/t44?,45?,46-,47+,51-,52?,53?,54?,55+,56?,57?,58-,60-,66?,68+,69-,70+/m0/s1. The summed E-state index contributed by atoms with van der Waals surface area (Å²) < 4.78 is 43.5. The van der Waals surface area contributed by atoms with Crippen molar-refractivity contribution in [1.29, 1.82) is 0 Å². The molecule has 11 N–H and O–H groups in total. The Balaban J connectivity index is 1.05. The number of benzene rings is 4. The number of fused-ring (bicyclic) bond motifs is 5. The number of aliphatic hydroxyl groups excluding tert-OH is 4. The molecule has 2 bridgehead atoms. The maximum Gasteiger partial charge on any atom is 0.338 e. The van der Waals surface area contributed by atoms with Crippen molar-refractivity contribution in [2.75, 3.05) is 37.4 Å². The maximum atomic E-state index is 16.0. The highest BCUT2D eigenvalue weighted by atomic mass is 16.7. The van der Waals surface area contributed by atoms with Crippen LogP contribution in [0.1, 0.15) is 106 Å². The van der Waals surface area contributed by atoms with Crippen LogP contribution in [0.2, 0.25) is 0 Å². The van der Waals surface area contributed by atoms with E-state index in [1.165, 1.54) is 102 Å². The van der Waals surface area contributed by atoms with Crippen molar-refractivity contribution in [3.8, 4) is 0 Å². The molecule has 9 rings (SSSR count). The van der Waals surface area contributed by atoms with Crippen LogP contribution in [0.4, 0.5) is 11.4 Å². The average Bonchev–Trinajstić information content (AvgIpc) is 0.669. The van der Waals surface area contributed by atoms with Crippen LogP contribution < -0.4 is 31.9 Å². The normalized spacial score (nSPS) is 29.1. The van der Waals surface area contributed by atoms with E-state index in [0.29, 0.717) is 0 Å². The number of carbonyl (C=O) groups excluding carboxylic acids is 11. The van der Waals surface area contributed by atoms with Crippen molar-refractivity contribution in [3.05, 3.63) is 143 Å². The first kappa shape index (κ1) is 74.1. The Hall–Kier alpha value is -9.17. The molecule has 8 unspecified atom stereocenters. The zero-order valence-corrected chi connectivity index (χ0v) is 55.6. The molecular weight excluding hydrogens is 1290 g/mol. The molecule has 2 saturated carbocycles. The number of hydrogen-bond donors (Lipinski definition) is 11. The molecule has 2 aliphatic heterocycles. The highest BCUT2D eigenvalue weighted by molar-refractivity contribution is 5.99. The van der Waals surface area contributed by atoms with Gasteiger partial charge in [0.05, 0.1) is 54.8 Å². The molecule has 99 heavy (non-hydrogen) atoms. The second-order valence-electron chi connectivity index (χ2n) is 26.1. The first-order chi connectivity index (χ1) is 46.9. The van der Waals surface area contributed by atoms with Crippen LogP contribution >= 0.6 is 0 Å². The maximum absolute atomic E-state index is 16.0. The van der Waals surface area contributed by atoms with E-state index in [-0.39, 0.29) is 70.8 Å². The monoisotopic (exact) mass is 1370 g/mol. The Labute approximate surface area is 569 Å². The van der Waals surface area contributed by atoms with Crippen molar-refractivity contribution < 1.29 is 111 Å². The molecule has 3 aliphatic carbocycles. The van der Waals surface area contributed by atoms with Crippen LogP contribution in [0.3, 0.4) is 0 Å². The Morgan fingerprint density at radius 1 is 0.697 bits per heavy atom. The second-order valence-corrected chi connectivity index (χ2v) is 26.1. The van der Waals surface area contributed by atoms with E-state index >= 15 is 9.59 Å². The molecule has 4 fully saturated rings. The lowest BCUT2D eigenvalue weighted by atomic mass is 9.44. The zero-order chi connectivity index (χ0) is 72.1. The van der Waals surface area contributed by atoms with Gasteiger partial charge in [0, 0.05) is 55.5 Å². The van der Waals surface area contributed by atoms with Crippen LogP contribution in [0, 0.1) is 16.7 Å². The number of anilines is 2. The van der Waals surface area contributed by atoms with Gasteiger partial charge in [-0.1, -0.05) is 80.6 Å². The van der Waals surface area contributed by atoms with E-state index in [4.69, 9.17) is 33.2 Å². The summed E-state index contributed by atoms with van der Waals surface area (Å²) in [7, 11) is 1.50. The predicted molar refractivity (Wildman–Crippen MR) is 346 cm³/mol. The van der Waals surface area contributed by atoms with Gasteiger partial charge in [-0.2, -0.15) is 0 Å². The van der Waals surface area contributed by atoms with Gasteiger partial charge < -0.3 is 90.6 Å². The predicted octanol–water partition coefficient (Wildman–Crippen LogP) is 1.33. The number of nitrogens with one attached hydrogen (secondary N) is 6. The molecule has 29 nitrogen and oxygen atoms in total. The lowest BCUT2D eigenvalue weighted by molar-refractivity contribution is -0.346. The van der Waals surface area contributed by atoms with Gasteiger partial charge in [0.25, 0.3) is 11.8 Å². The number of rotatable bonds is 24. The summed E-state index contributed by atoms with van der Waals surface area (Å²) >= 11 is 0. The van der Waals surface area contributed by atoms with E-state index in [1.54, 1.807) is 54.6 Å². The molecule has 530 valence electrons. The number of likely N-dealkylation sites (N-methyl/N-ethyl adjacent to an activating group) is 1. The SMILES string of the molecule is CNC(CCC(=O)NCC(C)=O)C(=O)NCC(=O)Nc1ccc(NC(=O)C2OC(OC(C(=O)OC3C[C@@]4(O)[C@@H](OC(=O)c5ccccc5)[C@@H]5[C@]6(OC(C)=O)CO[C@@H]6C[C@H](O)[C@@]5(C)C(=O)[C@H](OC(C)=O)C(=C3C)C4(C)C)[C@@H](NC(=O)c3ccccc3)c3ccccc3)C(O)C(O)C2O)cc1. The summed E-state index contributed by atoms with van der Waals surface area (Å²) in [6.45, 7) is 8.09. The minimum atomic E-state index is -2.63. The molecule has 4 aromatic rings. The number of esters is 4. The number of hydrogen-bond acceptors (Lipinski definition) is 24.